The first kappa shape index (κ1) is 11.8. The van der Waals surface area contributed by atoms with Crippen LogP contribution in [0.25, 0.3) is 0 Å². The summed E-state index contributed by atoms with van der Waals surface area (Å²) in [5.74, 6) is -0.634. The van der Waals surface area contributed by atoms with E-state index in [0.717, 1.165) is 5.57 Å². The van der Waals surface area contributed by atoms with E-state index >= 15 is 0 Å². The van der Waals surface area contributed by atoms with E-state index in [0.29, 0.717) is 13.2 Å². The molecule has 2 unspecified atom stereocenters. The van der Waals surface area contributed by atoms with Crippen molar-refractivity contribution >= 4 is 11.9 Å². The van der Waals surface area contributed by atoms with E-state index in [9.17, 15) is 9.59 Å². The zero-order valence-electron chi connectivity index (χ0n) is 9.21. The van der Waals surface area contributed by atoms with E-state index in [4.69, 9.17) is 4.74 Å². The largest absolute Gasteiger partial charge is 0.466 e. The number of nitrogens with one attached hydrogen (secondary N) is 1. The molecule has 4 heteroatoms. The molecule has 2 atom stereocenters. The van der Waals surface area contributed by atoms with Gasteiger partial charge in [-0.05, 0) is 13.8 Å². The molecular weight excluding hydrogens is 194 g/mol. The van der Waals surface area contributed by atoms with Crippen LogP contribution in [0.4, 0.5) is 0 Å². The normalized spacial score (nSPS) is 24.8. The number of amides is 1. The second-order valence-electron chi connectivity index (χ2n) is 3.81. The SMILES string of the molecule is C=C(C)C1CNC(=O)C1CC(=O)OCC. The monoisotopic (exact) mass is 211 g/mol. The molecule has 0 spiro atoms. The summed E-state index contributed by atoms with van der Waals surface area (Å²) in [5.41, 5.74) is 0.933. The molecule has 1 N–H and O–H groups in total. The molecule has 0 radical (unpaired) electrons. The van der Waals surface area contributed by atoms with Gasteiger partial charge in [0.05, 0.1) is 18.9 Å². The van der Waals surface area contributed by atoms with Gasteiger partial charge in [-0.3, -0.25) is 9.59 Å². The lowest BCUT2D eigenvalue weighted by atomic mass is 9.87. The summed E-state index contributed by atoms with van der Waals surface area (Å²) in [7, 11) is 0. The molecular formula is C11H17NO3. The van der Waals surface area contributed by atoms with Crippen molar-refractivity contribution in [3.63, 3.8) is 0 Å². The number of esters is 1. The lowest BCUT2D eigenvalue weighted by Gasteiger charge is -2.15. The van der Waals surface area contributed by atoms with Crippen LogP contribution < -0.4 is 5.32 Å². The van der Waals surface area contributed by atoms with Crippen molar-refractivity contribution in [1.29, 1.82) is 0 Å². The summed E-state index contributed by atoms with van der Waals surface area (Å²) < 4.78 is 4.83. The van der Waals surface area contributed by atoms with Crippen molar-refractivity contribution in [1.82, 2.24) is 5.32 Å². The third-order valence-electron chi connectivity index (χ3n) is 2.64. The van der Waals surface area contributed by atoms with Crippen LogP contribution in [0.2, 0.25) is 0 Å². The molecule has 0 aromatic heterocycles. The van der Waals surface area contributed by atoms with Crippen LogP contribution in [0, 0.1) is 11.8 Å². The number of carbonyl (C=O) groups excluding carboxylic acids is 2. The van der Waals surface area contributed by atoms with E-state index in [2.05, 4.69) is 11.9 Å². The predicted molar refractivity (Wildman–Crippen MR) is 56.1 cm³/mol. The van der Waals surface area contributed by atoms with Gasteiger partial charge in [-0.1, -0.05) is 12.2 Å². The molecule has 84 valence electrons. The minimum atomic E-state index is -0.314. The molecule has 1 saturated heterocycles. The molecule has 1 aliphatic rings. The third-order valence-corrected chi connectivity index (χ3v) is 2.64. The van der Waals surface area contributed by atoms with Crippen molar-refractivity contribution in [2.45, 2.75) is 20.3 Å². The topological polar surface area (TPSA) is 55.4 Å². The molecule has 0 aromatic rings. The van der Waals surface area contributed by atoms with Crippen molar-refractivity contribution < 1.29 is 14.3 Å². The number of hydrogen-bond donors (Lipinski definition) is 1. The summed E-state index contributed by atoms with van der Waals surface area (Å²) in [6.07, 6.45) is 0.150. The van der Waals surface area contributed by atoms with Gasteiger partial charge in [0.25, 0.3) is 0 Å². The highest BCUT2D eigenvalue weighted by molar-refractivity contribution is 5.86. The van der Waals surface area contributed by atoms with Crippen LogP contribution >= 0.6 is 0 Å². The molecule has 4 nitrogen and oxygen atoms in total. The maximum atomic E-state index is 11.5. The van der Waals surface area contributed by atoms with Gasteiger partial charge >= 0.3 is 5.97 Å². The van der Waals surface area contributed by atoms with Crippen LogP contribution in [0.5, 0.6) is 0 Å². The second-order valence-corrected chi connectivity index (χ2v) is 3.81. The van der Waals surface area contributed by atoms with Gasteiger partial charge in [0, 0.05) is 12.5 Å². The van der Waals surface area contributed by atoms with Crippen molar-refractivity contribution in [2.24, 2.45) is 11.8 Å². The van der Waals surface area contributed by atoms with E-state index in [1.807, 2.05) is 6.92 Å². The predicted octanol–water partition coefficient (Wildman–Crippen LogP) is 0.878. The Morgan fingerprint density at radius 1 is 1.67 bits per heavy atom. The van der Waals surface area contributed by atoms with Crippen LogP contribution in [0.3, 0.4) is 0 Å². The summed E-state index contributed by atoms with van der Waals surface area (Å²) in [6.45, 7) is 8.40. The summed E-state index contributed by atoms with van der Waals surface area (Å²) in [4.78, 5) is 22.7. The van der Waals surface area contributed by atoms with Crippen molar-refractivity contribution in [3.05, 3.63) is 12.2 Å². The third kappa shape index (κ3) is 2.81. The molecule has 0 saturated carbocycles. The average molecular weight is 211 g/mol. The number of hydrogen-bond acceptors (Lipinski definition) is 3. The Labute approximate surface area is 89.7 Å². The van der Waals surface area contributed by atoms with Crippen molar-refractivity contribution in [2.75, 3.05) is 13.2 Å². The van der Waals surface area contributed by atoms with E-state index < -0.39 is 0 Å². The lowest BCUT2D eigenvalue weighted by molar-refractivity contribution is -0.146. The fourth-order valence-electron chi connectivity index (χ4n) is 1.82. The first-order valence-corrected chi connectivity index (χ1v) is 5.15. The van der Waals surface area contributed by atoms with Crippen LogP contribution in [-0.4, -0.2) is 25.0 Å². The van der Waals surface area contributed by atoms with Gasteiger partial charge in [-0.25, -0.2) is 0 Å². The van der Waals surface area contributed by atoms with Crippen LogP contribution in [-0.2, 0) is 14.3 Å². The van der Waals surface area contributed by atoms with Gasteiger partial charge in [-0.2, -0.15) is 0 Å². The molecule has 0 bridgehead atoms. The second kappa shape index (κ2) is 4.96. The molecule has 0 aliphatic carbocycles. The Hall–Kier alpha value is -1.32. The van der Waals surface area contributed by atoms with Gasteiger partial charge < -0.3 is 10.1 Å². The molecule has 1 aliphatic heterocycles. The highest BCUT2D eigenvalue weighted by Crippen LogP contribution is 2.27. The zero-order valence-corrected chi connectivity index (χ0v) is 9.21. The Morgan fingerprint density at radius 3 is 2.87 bits per heavy atom. The van der Waals surface area contributed by atoms with Gasteiger partial charge in [-0.15, -0.1) is 0 Å². The molecule has 0 aromatic carbocycles. The summed E-state index contributed by atoms with van der Waals surface area (Å²) in [5, 5.41) is 2.74. The minimum absolute atomic E-state index is 0.0573. The zero-order chi connectivity index (χ0) is 11.4. The molecule has 1 rings (SSSR count). The van der Waals surface area contributed by atoms with Gasteiger partial charge in [0.1, 0.15) is 0 Å². The molecule has 1 heterocycles. The van der Waals surface area contributed by atoms with Crippen LogP contribution in [0.15, 0.2) is 12.2 Å². The fraction of sp³-hybridized carbons (Fsp3) is 0.636. The standard InChI is InChI=1S/C11H17NO3/c1-4-15-10(13)5-8-9(7(2)3)6-12-11(8)14/h8-9H,2,4-6H2,1,3H3,(H,12,14). The Bertz CT molecular complexity index is 286. The number of rotatable bonds is 4. The average Bonchev–Trinajstić information content (AvgIpc) is 2.48. The lowest BCUT2D eigenvalue weighted by Crippen LogP contribution is -2.23. The maximum absolute atomic E-state index is 11.5. The fourth-order valence-corrected chi connectivity index (χ4v) is 1.82. The summed E-state index contributed by atoms with van der Waals surface area (Å²) in [6, 6.07) is 0. The molecule has 1 amide bonds. The quantitative estimate of drug-likeness (QED) is 0.554. The highest BCUT2D eigenvalue weighted by atomic mass is 16.5. The Morgan fingerprint density at radius 2 is 2.33 bits per heavy atom. The van der Waals surface area contributed by atoms with E-state index in [1.165, 1.54) is 0 Å². The Kier molecular flexibility index (Phi) is 3.88. The van der Waals surface area contributed by atoms with Crippen LogP contribution in [0.1, 0.15) is 20.3 Å². The molecule has 15 heavy (non-hydrogen) atoms. The van der Waals surface area contributed by atoms with Crippen molar-refractivity contribution in [3.8, 4) is 0 Å². The number of carbonyl (C=O) groups is 2. The summed E-state index contributed by atoms with van der Waals surface area (Å²) >= 11 is 0. The van der Waals surface area contributed by atoms with Gasteiger partial charge in [0.2, 0.25) is 5.91 Å². The smallest absolute Gasteiger partial charge is 0.306 e. The number of ether oxygens (including phenoxy) is 1. The van der Waals surface area contributed by atoms with E-state index in [-0.39, 0.29) is 30.1 Å². The molecule has 1 fully saturated rings. The highest BCUT2D eigenvalue weighted by Gasteiger charge is 2.36. The first-order chi connectivity index (χ1) is 7.06. The minimum Gasteiger partial charge on any atom is -0.466 e. The van der Waals surface area contributed by atoms with Gasteiger partial charge in [0.15, 0.2) is 0 Å². The Balaban J connectivity index is 2.60. The maximum Gasteiger partial charge on any atom is 0.306 e. The van der Waals surface area contributed by atoms with E-state index in [1.54, 1.807) is 6.92 Å². The first-order valence-electron chi connectivity index (χ1n) is 5.15.